The van der Waals surface area contributed by atoms with Crippen molar-refractivity contribution >= 4 is 21.6 Å². The van der Waals surface area contributed by atoms with Crippen molar-refractivity contribution in [1.29, 1.82) is 0 Å². The first-order chi connectivity index (χ1) is 9.29. The second kappa shape index (κ2) is 5.19. The number of carbonyl (C=O) groups excluding carboxylic acids is 1. The van der Waals surface area contributed by atoms with Gasteiger partial charge < -0.3 is 15.0 Å². The van der Waals surface area contributed by atoms with Crippen LogP contribution in [0.15, 0.2) is 12.3 Å². The van der Waals surface area contributed by atoms with Crippen LogP contribution in [0.25, 0.3) is 0 Å². The number of carbonyl (C=O) groups is 1. The zero-order chi connectivity index (χ0) is 14.9. The van der Waals surface area contributed by atoms with Gasteiger partial charge in [0.1, 0.15) is 6.54 Å². The summed E-state index contributed by atoms with van der Waals surface area (Å²) in [6.07, 6.45) is 1.35. The maximum Gasteiger partial charge on any atom is 0.389 e. The van der Waals surface area contributed by atoms with Crippen molar-refractivity contribution in [2.75, 3.05) is 18.8 Å². The molecule has 0 saturated carbocycles. The molecule has 2 heterocycles. The fourth-order valence-corrected chi connectivity index (χ4v) is 3.24. The summed E-state index contributed by atoms with van der Waals surface area (Å²) in [6, 6.07) is 1.20. The Morgan fingerprint density at radius 3 is 2.85 bits per heavy atom. The first-order valence-corrected chi connectivity index (χ1v) is 7.68. The standard InChI is InChI=1S/C10H14N4O5S/c1-8-6-12(4-5-20(8,18)19)10(15)7-13-3-2-9(11-13)14(16)17/h2-3,8H,4-7H2,1H3. The zero-order valence-corrected chi connectivity index (χ0v) is 11.6. The van der Waals surface area contributed by atoms with Crippen LogP contribution < -0.4 is 0 Å². The highest BCUT2D eigenvalue weighted by atomic mass is 32.2. The molecule has 20 heavy (non-hydrogen) atoms. The minimum atomic E-state index is -3.11. The van der Waals surface area contributed by atoms with Crippen LogP contribution in [0.5, 0.6) is 0 Å². The molecule has 9 nitrogen and oxygen atoms in total. The molecule has 1 aliphatic rings. The Labute approximate surface area is 115 Å². The highest BCUT2D eigenvalue weighted by molar-refractivity contribution is 7.92. The molecule has 2 rings (SSSR count). The van der Waals surface area contributed by atoms with Crippen LogP contribution in [-0.4, -0.2) is 58.0 Å². The third kappa shape index (κ3) is 2.95. The van der Waals surface area contributed by atoms with Crippen molar-refractivity contribution in [1.82, 2.24) is 14.7 Å². The summed E-state index contributed by atoms with van der Waals surface area (Å²) >= 11 is 0. The van der Waals surface area contributed by atoms with Crippen LogP contribution >= 0.6 is 0 Å². The lowest BCUT2D eigenvalue weighted by Crippen LogP contribution is -2.49. The number of sulfone groups is 1. The molecule has 110 valence electrons. The Bertz CT molecular complexity index is 638. The third-order valence-electron chi connectivity index (χ3n) is 3.20. The summed E-state index contributed by atoms with van der Waals surface area (Å²) < 4.78 is 24.3. The van der Waals surface area contributed by atoms with Crippen molar-refractivity contribution in [2.45, 2.75) is 18.7 Å². The molecule has 1 unspecified atom stereocenters. The number of amides is 1. The van der Waals surface area contributed by atoms with Gasteiger partial charge in [-0.1, -0.05) is 0 Å². The van der Waals surface area contributed by atoms with Crippen LogP contribution in [0.1, 0.15) is 6.92 Å². The topological polar surface area (TPSA) is 115 Å². The average molecular weight is 302 g/mol. The van der Waals surface area contributed by atoms with E-state index in [1.807, 2.05) is 0 Å². The number of hydrogen-bond acceptors (Lipinski definition) is 6. The van der Waals surface area contributed by atoms with E-state index in [4.69, 9.17) is 0 Å². The van der Waals surface area contributed by atoms with Gasteiger partial charge in [0, 0.05) is 13.1 Å². The summed E-state index contributed by atoms with van der Waals surface area (Å²) in [7, 11) is -3.11. The summed E-state index contributed by atoms with van der Waals surface area (Å²) in [5.41, 5.74) is 0. The zero-order valence-electron chi connectivity index (χ0n) is 10.8. The maximum atomic E-state index is 12.0. The molecule has 0 radical (unpaired) electrons. The van der Waals surface area contributed by atoms with E-state index in [1.165, 1.54) is 21.8 Å². The van der Waals surface area contributed by atoms with Gasteiger partial charge in [-0.2, -0.15) is 4.68 Å². The molecule has 1 amide bonds. The van der Waals surface area contributed by atoms with Gasteiger partial charge in [0.25, 0.3) is 0 Å². The average Bonchev–Trinajstić information content (AvgIpc) is 2.81. The number of rotatable bonds is 3. The fourth-order valence-electron chi connectivity index (χ4n) is 1.96. The Balaban J connectivity index is 2.00. The molecule has 0 aromatic carbocycles. The highest BCUT2D eigenvalue weighted by Crippen LogP contribution is 2.13. The third-order valence-corrected chi connectivity index (χ3v) is 5.33. The molecule has 1 aliphatic heterocycles. The predicted octanol–water partition coefficient (Wildman–Crippen LogP) is -0.563. The van der Waals surface area contributed by atoms with Gasteiger partial charge in [-0.3, -0.25) is 4.79 Å². The van der Waals surface area contributed by atoms with Crippen molar-refractivity contribution in [3.63, 3.8) is 0 Å². The quantitative estimate of drug-likeness (QED) is 0.546. The lowest BCUT2D eigenvalue weighted by Gasteiger charge is -2.30. The van der Waals surface area contributed by atoms with Gasteiger partial charge in [-0.25, -0.2) is 8.42 Å². The molecule has 1 atom stereocenters. The molecule has 0 aliphatic carbocycles. The van der Waals surface area contributed by atoms with Gasteiger partial charge in [0.15, 0.2) is 9.84 Å². The maximum absolute atomic E-state index is 12.0. The van der Waals surface area contributed by atoms with Gasteiger partial charge in [-0.15, -0.1) is 0 Å². The van der Waals surface area contributed by atoms with Crippen molar-refractivity contribution < 1.29 is 18.1 Å². The number of hydrogen-bond donors (Lipinski definition) is 0. The number of nitrogens with zero attached hydrogens (tertiary/aromatic N) is 4. The van der Waals surface area contributed by atoms with Crippen molar-refractivity contribution in [3.8, 4) is 0 Å². The minimum Gasteiger partial charge on any atom is -0.358 e. The van der Waals surface area contributed by atoms with Gasteiger partial charge in [0.05, 0.1) is 28.4 Å². The van der Waals surface area contributed by atoms with E-state index >= 15 is 0 Å². The van der Waals surface area contributed by atoms with E-state index in [0.29, 0.717) is 0 Å². The van der Waals surface area contributed by atoms with Crippen LogP contribution in [0.2, 0.25) is 0 Å². The summed E-state index contributed by atoms with van der Waals surface area (Å²) in [4.78, 5) is 23.3. The lowest BCUT2D eigenvalue weighted by atomic mass is 10.3. The molecule has 0 N–H and O–H groups in total. The monoisotopic (exact) mass is 302 g/mol. The largest absolute Gasteiger partial charge is 0.389 e. The molecule has 1 aromatic heterocycles. The highest BCUT2D eigenvalue weighted by Gasteiger charge is 2.32. The molecular weight excluding hydrogens is 288 g/mol. The van der Waals surface area contributed by atoms with Crippen LogP contribution in [0.3, 0.4) is 0 Å². The molecular formula is C10H14N4O5S. The first kappa shape index (κ1) is 14.4. The molecule has 1 saturated heterocycles. The van der Waals surface area contributed by atoms with E-state index in [-0.39, 0.29) is 37.1 Å². The Hall–Kier alpha value is -1.97. The molecule has 1 aromatic rings. The van der Waals surface area contributed by atoms with Gasteiger partial charge in [-0.05, 0) is 11.8 Å². The smallest absolute Gasteiger partial charge is 0.358 e. The Kier molecular flexibility index (Phi) is 3.75. The summed E-state index contributed by atoms with van der Waals surface area (Å²) in [5, 5.41) is 13.5. The Morgan fingerprint density at radius 1 is 1.60 bits per heavy atom. The van der Waals surface area contributed by atoms with Crippen molar-refractivity contribution in [3.05, 3.63) is 22.4 Å². The first-order valence-electron chi connectivity index (χ1n) is 5.97. The van der Waals surface area contributed by atoms with Gasteiger partial charge >= 0.3 is 5.82 Å². The van der Waals surface area contributed by atoms with Crippen LogP contribution in [-0.2, 0) is 21.2 Å². The molecule has 1 fully saturated rings. The molecule has 0 bridgehead atoms. The van der Waals surface area contributed by atoms with Crippen LogP contribution in [0.4, 0.5) is 5.82 Å². The lowest BCUT2D eigenvalue weighted by molar-refractivity contribution is -0.389. The normalized spacial score (nSPS) is 21.6. The van der Waals surface area contributed by atoms with E-state index in [0.717, 1.165) is 0 Å². The number of nitro groups is 1. The van der Waals surface area contributed by atoms with Gasteiger partial charge in [0.2, 0.25) is 5.91 Å². The SMILES string of the molecule is CC1CN(C(=O)Cn2ccc([N+](=O)[O-])n2)CCS1(=O)=O. The minimum absolute atomic E-state index is 0.0564. The second-order valence-corrected chi connectivity index (χ2v) is 7.18. The van der Waals surface area contributed by atoms with E-state index in [1.54, 1.807) is 6.92 Å². The second-order valence-electron chi connectivity index (χ2n) is 4.65. The van der Waals surface area contributed by atoms with E-state index in [9.17, 15) is 23.3 Å². The summed E-state index contributed by atoms with van der Waals surface area (Å²) in [5.74, 6) is -0.684. The molecule has 10 heteroatoms. The predicted molar refractivity (Wildman–Crippen MR) is 68.7 cm³/mol. The fraction of sp³-hybridized carbons (Fsp3) is 0.600. The summed E-state index contributed by atoms with van der Waals surface area (Å²) in [6.45, 7) is 1.72. The molecule has 0 spiro atoms. The number of aromatic nitrogens is 2. The Morgan fingerprint density at radius 2 is 2.30 bits per heavy atom. The van der Waals surface area contributed by atoms with Crippen molar-refractivity contribution in [2.24, 2.45) is 0 Å². The van der Waals surface area contributed by atoms with Crippen LogP contribution in [0, 0.1) is 10.1 Å². The van der Waals surface area contributed by atoms with E-state index < -0.39 is 20.0 Å². The van der Waals surface area contributed by atoms with E-state index in [2.05, 4.69) is 5.10 Å².